The lowest BCUT2D eigenvalue weighted by atomic mass is 10.2. The van der Waals surface area contributed by atoms with Crippen molar-refractivity contribution < 1.29 is 8.81 Å². The number of furan rings is 1. The van der Waals surface area contributed by atoms with E-state index in [1.807, 2.05) is 19.1 Å². The van der Waals surface area contributed by atoms with Gasteiger partial charge in [-0.05, 0) is 31.2 Å². The Balaban J connectivity index is 2.13. The molecule has 2 aromatic rings. The van der Waals surface area contributed by atoms with E-state index in [-0.39, 0.29) is 11.9 Å². The summed E-state index contributed by atoms with van der Waals surface area (Å²) in [7, 11) is 0. The minimum atomic E-state index is -0.254. The van der Waals surface area contributed by atoms with E-state index in [1.165, 1.54) is 6.07 Å². The van der Waals surface area contributed by atoms with Crippen LogP contribution in [0.25, 0.3) is 0 Å². The molecular formula is C12H12FNO. The van der Waals surface area contributed by atoms with Gasteiger partial charge in [-0.1, -0.05) is 12.1 Å². The summed E-state index contributed by atoms with van der Waals surface area (Å²) in [4.78, 5) is 0. The van der Waals surface area contributed by atoms with Gasteiger partial charge in [-0.15, -0.1) is 0 Å². The molecule has 2 nitrogen and oxygen atoms in total. The fourth-order valence-corrected chi connectivity index (χ4v) is 1.42. The van der Waals surface area contributed by atoms with Crippen LogP contribution in [0, 0.1) is 5.82 Å². The van der Waals surface area contributed by atoms with E-state index in [1.54, 1.807) is 24.5 Å². The van der Waals surface area contributed by atoms with Crippen molar-refractivity contribution in [2.45, 2.75) is 13.0 Å². The van der Waals surface area contributed by atoms with Gasteiger partial charge in [0.1, 0.15) is 11.6 Å². The van der Waals surface area contributed by atoms with E-state index in [0.717, 1.165) is 5.76 Å². The van der Waals surface area contributed by atoms with Crippen LogP contribution in [0.15, 0.2) is 47.1 Å². The summed E-state index contributed by atoms with van der Waals surface area (Å²) >= 11 is 0. The maximum atomic E-state index is 13.3. The molecule has 0 radical (unpaired) electrons. The molecule has 0 aliphatic rings. The van der Waals surface area contributed by atoms with Crippen LogP contribution in [0.4, 0.5) is 10.1 Å². The standard InChI is InChI=1S/C12H12FNO/c1-9(12-7-4-8-15-12)14-11-6-3-2-5-10(11)13/h2-9,14H,1H3/t9-/m0/s1. The zero-order valence-corrected chi connectivity index (χ0v) is 8.41. The van der Waals surface area contributed by atoms with Crippen molar-refractivity contribution in [2.75, 3.05) is 5.32 Å². The lowest BCUT2D eigenvalue weighted by Crippen LogP contribution is -2.06. The normalized spacial score (nSPS) is 12.4. The zero-order valence-electron chi connectivity index (χ0n) is 8.41. The highest BCUT2D eigenvalue weighted by Crippen LogP contribution is 2.21. The van der Waals surface area contributed by atoms with Crippen molar-refractivity contribution >= 4 is 5.69 Å². The van der Waals surface area contributed by atoms with E-state index in [4.69, 9.17) is 4.42 Å². The van der Waals surface area contributed by atoms with Gasteiger partial charge in [0.15, 0.2) is 0 Å². The lowest BCUT2D eigenvalue weighted by Gasteiger charge is -2.13. The molecule has 0 aliphatic heterocycles. The Morgan fingerprint density at radius 2 is 2.00 bits per heavy atom. The van der Waals surface area contributed by atoms with Crippen LogP contribution in [-0.4, -0.2) is 0 Å². The van der Waals surface area contributed by atoms with Gasteiger partial charge in [-0.2, -0.15) is 0 Å². The smallest absolute Gasteiger partial charge is 0.146 e. The molecule has 0 saturated carbocycles. The number of halogens is 1. The maximum absolute atomic E-state index is 13.3. The quantitative estimate of drug-likeness (QED) is 0.828. The van der Waals surface area contributed by atoms with Gasteiger partial charge < -0.3 is 9.73 Å². The second-order valence-electron chi connectivity index (χ2n) is 3.36. The van der Waals surface area contributed by atoms with Crippen LogP contribution >= 0.6 is 0 Å². The van der Waals surface area contributed by atoms with Gasteiger partial charge in [-0.25, -0.2) is 4.39 Å². The maximum Gasteiger partial charge on any atom is 0.146 e. The van der Waals surface area contributed by atoms with Crippen molar-refractivity contribution in [3.63, 3.8) is 0 Å². The van der Waals surface area contributed by atoms with Gasteiger partial charge >= 0.3 is 0 Å². The van der Waals surface area contributed by atoms with Crippen LogP contribution in [0.1, 0.15) is 18.7 Å². The van der Waals surface area contributed by atoms with Crippen molar-refractivity contribution in [1.29, 1.82) is 0 Å². The first kappa shape index (κ1) is 9.77. The summed E-state index contributed by atoms with van der Waals surface area (Å²) < 4.78 is 18.5. The Morgan fingerprint density at radius 3 is 2.67 bits per heavy atom. The second kappa shape index (κ2) is 4.17. The molecule has 0 bridgehead atoms. The van der Waals surface area contributed by atoms with Crippen molar-refractivity contribution in [3.8, 4) is 0 Å². The van der Waals surface area contributed by atoms with E-state index in [2.05, 4.69) is 5.32 Å². The molecule has 1 N–H and O–H groups in total. The number of para-hydroxylation sites is 1. The monoisotopic (exact) mass is 205 g/mol. The van der Waals surface area contributed by atoms with Gasteiger partial charge in [0.25, 0.3) is 0 Å². The number of rotatable bonds is 3. The summed E-state index contributed by atoms with van der Waals surface area (Å²) in [6.45, 7) is 1.92. The van der Waals surface area contributed by atoms with Gasteiger partial charge in [0, 0.05) is 0 Å². The van der Waals surface area contributed by atoms with Crippen molar-refractivity contribution in [1.82, 2.24) is 0 Å². The topological polar surface area (TPSA) is 25.2 Å². The Kier molecular flexibility index (Phi) is 2.72. The van der Waals surface area contributed by atoms with Crippen LogP contribution in [0.3, 0.4) is 0 Å². The molecule has 1 aromatic heterocycles. The fourth-order valence-electron chi connectivity index (χ4n) is 1.42. The first-order valence-electron chi connectivity index (χ1n) is 4.82. The van der Waals surface area contributed by atoms with Crippen molar-refractivity contribution in [2.24, 2.45) is 0 Å². The Bertz CT molecular complexity index is 425. The van der Waals surface area contributed by atoms with Gasteiger partial charge in [-0.3, -0.25) is 0 Å². The van der Waals surface area contributed by atoms with Crippen LogP contribution < -0.4 is 5.32 Å². The number of hydrogen-bond acceptors (Lipinski definition) is 2. The number of anilines is 1. The molecule has 0 amide bonds. The highest BCUT2D eigenvalue weighted by Gasteiger charge is 2.09. The first-order chi connectivity index (χ1) is 7.27. The molecular weight excluding hydrogens is 193 g/mol. The average molecular weight is 205 g/mol. The van der Waals surface area contributed by atoms with Gasteiger partial charge in [0.05, 0.1) is 18.0 Å². The highest BCUT2D eigenvalue weighted by atomic mass is 19.1. The molecule has 1 heterocycles. The molecule has 0 saturated heterocycles. The number of nitrogens with one attached hydrogen (secondary N) is 1. The summed E-state index contributed by atoms with van der Waals surface area (Å²) in [6.07, 6.45) is 1.61. The van der Waals surface area contributed by atoms with E-state index < -0.39 is 0 Å². The Morgan fingerprint density at radius 1 is 1.20 bits per heavy atom. The SMILES string of the molecule is C[C@H](Nc1ccccc1F)c1ccco1. The molecule has 78 valence electrons. The lowest BCUT2D eigenvalue weighted by molar-refractivity contribution is 0.489. The minimum absolute atomic E-state index is 0.0445. The molecule has 1 atom stereocenters. The third-order valence-electron chi connectivity index (χ3n) is 2.22. The fraction of sp³-hybridized carbons (Fsp3) is 0.167. The predicted octanol–water partition coefficient (Wildman–Crippen LogP) is 3.59. The molecule has 0 aliphatic carbocycles. The third kappa shape index (κ3) is 2.18. The molecule has 1 aromatic carbocycles. The largest absolute Gasteiger partial charge is 0.467 e. The average Bonchev–Trinajstić information content (AvgIpc) is 2.74. The number of hydrogen-bond donors (Lipinski definition) is 1. The van der Waals surface area contributed by atoms with Crippen LogP contribution in [0.2, 0.25) is 0 Å². The molecule has 3 heteroatoms. The Labute approximate surface area is 87.7 Å². The molecule has 0 fully saturated rings. The molecule has 2 rings (SSSR count). The molecule has 15 heavy (non-hydrogen) atoms. The second-order valence-corrected chi connectivity index (χ2v) is 3.36. The summed E-state index contributed by atoms with van der Waals surface area (Å²) in [5.74, 6) is 0.536. The molecule has 0 unspecified atom stereocenters. The summed E-state index contributed by atoms with van der Waals surface area (Å²) in [5, 5.41) is 3.04. The van der Waals surface area contributed by atoms with E-state index in [0.29, 0.717) is 5.69 Å². The Hall–Kier alpha value is -1.77. The van der Waals surface area contributed by atoms with Crippen molar-refractivity contribution in [3.05, 3.63) is 54.2 Å². The molecule has 0 spiro atoms. The first-order valence-corrected chi connectivity index (χ1v) is 4.82. The van der Waals surface area contributed by atoms with Crippen LogP contribution in [-0.2, 0) is 0 Å². The summed E-state index contributed by atoms with van der Waals surface area (Å²) in [5.41, 5.74) is 0.487. The minimum Gasteiger partial charge on any atom is -0.467 e. The van der Waals surface area contributed by atoms with Crippen LogP contribution in [0.5, 0.6) is 0 Å². The zero-order chi connectivity index (χ0) is 10.7. The summed E-state index contributed by atoms with van der Waals surface area (Å²) in [6, 6.07) is 10.2. The third-order valence-corrected chi connectivity index (χ3v) is 2.22. The van der Waals surface area contributed by atoms with Gasteiger partial charge in [0.2, 0.25) is 0 Å². The van der Waals surface area contributed by atoms with E-state index in [9.17, 15) is 4.39 Å². The highest BCUT2D eigenvalue weighted by molar-refractivity contribution is 5.45. The number of benzene rings is 1. The van der Waals surface area contributed by atoms with E-state index >= 15 is 0 Å². The predicted molar refractivity (Wildman–Crippen MR) is 57.1 cm³/mol.